The van der Waals surface area contributed by atoms with Crippen molar-refractivity contribution in [2.45, 2.75) is 13.8 Å². The number of nitrogens with zero attached hydrogens (tertiary/aromatic N) is 2. The summed E-state index contributed by atoms with van der Waals surface area (Å²) in [5.41, 5.74) is 0. The average molecular weight is 168 g/mol. The zero-order chi connectivity index (χ0) is 8.53. The maximum Gasteiger partial charge on any atom is 0.123 e. The molecule has 0 aliphatic carbocycles. The zero-order valence-corrected chi connectivity index (χ0v) is 7.64. The first-order chi connectivity index (χ1) is 5.27. The largest absolute Gasteiger partial charge is 0.205 e. The standard InChI is InChI=1S/C8H12N2S/c1-4-5-6-9-11-10-7-8(2)3/h4-5,7-8H,1H2,2-3H3/b10-7+. The van der Waals surface area contributed by atoms with Crippen molar-refractivity contribution in [3.05, 3.63) is 18.7 Å². The summed E-state index contributed by atoms with van der Waals surface area (Å²) < 4.78 is 7.73. The predicted octanol–water partition coefficient (Wildman–Crippen LogP) is 2.69. The number of hydrogen-bond donors (Lipinski definition) is 0. The maximum atomic E-state index is 3.95. The summed E-state index contributed by atoms with van der Waals surface area (Å²) >= 11 is 1.13. The molecule has 60 valence electrons. The molecule has 0 aromatic heterocycles. The van der Waals surface area contributed by atoms with E-state index in [1.807, 2.05) is 6.21 Å². The van der Waals surface area contributed by atoms with Gasteiger partial charge < -0.3 is 0 Å². The Balaban J connectivity index is 3.56. The van der Waals surface area contributed by atoms with Gasteiger partial charge in [0.1, 0.15) is 12.1 Å². The van der Waals surface area contributed by atoms with Crippen molar-refractivity contribution in [2.24, 2.45) is 14.7 Å². The molecule has 0 unspecified atom stereocenters. The highest BCUT2D eigenvalue weighted by atomic mass is 32.2. The summed E-state index contributed by atoms with van der Waals surface area (Å²) in [6.45, 7) is 7.61. The molecule has 0 N–H and O–H groups in total. The number of allylic oxidation sites excluding steroid dienone is 2. The van der Waals surface area contributed by atoms with E-state index in [1.165, 1.54) is 0 Å². The molecular formula is C8H12N2S. The van der Waals surface area contributed by atoms with Gasteiger partial charge in [-0.05, 0) is 17.9 Å². The third-order valence-corrected chi connectivity index (χ3v) is 1.10. The van der Waals surface area contributed by atoms with E-state index < -0.39 is 0 Å². The maximum absolute atomic E-state index is 3.95. The molecule has 0 rings (SSSR count). The van der Waals surface area contributed by atoms with Gasteiger partial charge in [-0.1, -0.05) is 26.5 Å². The van der Waals surface area contributed by atoms with Crippen molar-refractivity contribution in [1.29, 1.82) is 0 Å². The lowest BCUT2D eigenvalue weighted by atomic mass is 10.3. The number of rotatable bonds is 4. The van der Waals surface area contributed by atoms with Crippen LogP contribution in [-0.4, -0.2) is 12.1 Å². The minimum Gasteiger partial charge on any atom is -0.205 e. The van der Waals surface area contributed by atoms with Crippen LogP contribution in [0.5, 0.6) is 0 Å². The van der Waals surface area contributed by atoms with Crippen LogP contribution in [0.4, 0.5) is 0 Å². The van der Waals surface area contributed by atoms with Crippen molar-refractivity contribution in [3.8, 4) is 0 Å². The minimum absolute atomic E-state index is 0.473. The van der Waals surface area contributed by atoms with E-state index in [0.717, 1.165) is 12.1 Å². The Morgan fingerprint density at radius 2 is 2.27 bits per heavy atom. The van der Waals surface area contributed by atoms with Crippen LogP contribution in [0, 0.1) is 5.92 Å². The second kappa shape index (κ2) is 7.32. The lowest BCUT2D eigenvalue weighted by molar-refractivity contribution is 0.910. The molecule has 0 aliphatic rings. The van der Waals surface area contributed by atoms with Crippen LogP contribution in [0.15, 0.2) is 27.5 Å². The van der Waals surface area contributed by atoms with Crippen molar-refractivity contribution < 1.29 is 0 Å². The fourth-order valence-electron chi connectivity index (χ4n) is 0.279. The highest BCUT2D eigenvalue weighted by Crippen LogP contribution is 2.01. The molecule has 0 atom stereocenters. The third kappa shape index (κ3) is 9.21. The second-order valence-corrected chi connectivity index (χ2v) is 2.76. The molecule has 0 amide bonds. The molecule has 0 spiro atoms. The molecule has 0 aromatic carbocycles. The van der Waals surface area contributed by atoms with Gasteiger partial charge in [-0.15, -0.1) is 4.40 Å². The summed E-state index contributed by atoms with van der Waals surface area (Å²) in [5.74, 6) is 3.11. The molecule has 3 heteroatoms. The average Bonchev–Trinajstić information content (AvgIpc) is 1.96. The molecule has 0 aliphatic heterocycles. The summed E-state index contributed by atoms with van der Waals surface area (Å²) in [4.78, 5) is 0. The Kier molecular flexibility index (Phi) is 6.79. The molecule has 0 bridgehead atoms. The lowest BCUT2D eigenvalue weighted by Gasteiger charge is -1.87. The Hall–Kier alpha value is -0.790. The fourth-order valence-corrected chi connectivity index (χ4v) is 0.732. The second-order valence-electron chi connectivity index (χ2n) is 2.20. The number of hydrogen-bond acceptors (Lipinski definition) is 3. The van der Waals surface area contributed by atoms with Gasteiger partial charge in [0.2, 0.25) is 0 Å². The Labute approximate surface area is 72.1 Å². The van der Waals surface area contributed by atoms with Gasteiger partial charge in [0.15, 0.2) is 0 Å². The van der Waals surface area contributed by atoms with Gasteiger partial charge in [0, 0.05) is 6.21 Å². The van der Waals surface area contributed by atoms with E-state index in [1.54, 1.807) is 12.2 Å². The first-order valence-corrected chi connectivity index (χ1v) is 4.10. The van der Waals surface area contributed by atoms with Crippen molar-refractivity contribution >= 4 is 24.2 Å². The monoisotopic (exact) mass is 168 g/mol. The van der Waals surface area contributed by atoms with Crippen LogP contribution in [0.1, 0.15) is 13.8 Å². The van der Waals surface area contributed by atoms with Gasteiger partial charge in [-0.3, -0.25) is 0 Å². The van der Waals surface area contributed by atoms with Crippen LogP contribution < -0.4 is 0 Å². The van der Waals surface area contributed by atoms with E-state index in [4.69, 9.17) is 0 Å². The van der Waals surface area contributed by atoms with Crippen LogP contribution in [0.3, 0.4) is 0 Å². The van der Waals surface area contributed by atoms with Crippen molar-refractivity contribution in [2.75, 3.05) is 0 Å². The normalized spacial score (nSPS) is 9.73. The quantitative estimate of drug-likeness (QED) is 0.360. The fraction of sp³-hybridized carbons (Fsp3) is 0.375. The molecule has 0 aromatic rings. The summed E-state index contributed by atoms with van der Waals surface area (Å²) in [7, 11) is 0. The Morgan fingerprint density at radius 3 is 2.82 bits per heavy atom. The smallest absolute Gasteiger partial charge is 0.123 e. The molecule has 0 fully saturated rings. The van der Waals surface area contributed by atoms with Gasteiger partial charge in [0.25, 0.3) is 0 Å². The van der Waals surface area contributed by atoms with Crippen LogP contribution >= 0.6 is 12.1 Å². The van der Waals surface area contributed by atoms with E-state index in [-0.39, 0.29) is 0 Å². The van der Waals surface area contributed by atoms with Gasteiger partial charge in [-0.2, -0.15) is 0 Å². The van der Waals surface area contributed by atoms with E-state index in [2.05, 4.69) is 35.1 Å². The summed E-state index contributed by atoms with van der Waals surface area (Å²) in [6, 6.07) is 0. The SMILES string of the molecule is C=CC=C=NS/N=C/C(C)C. The van der Waals surface area contributed by atoms with Crippen LogP contribution in [0.2, 0.25) is 0 Å². The van der Waals surface area contributed by atoms with Crippen molar-refractivity contribution in [3.63, 3.8) is 0 Å². The Morgan fingerprint density at radius 1 is 1.55 bits per heavy atom. The zero-order valence-electron chi connectivity index (χ0n) is 6.82. The van der Waals surface area contributed by atoms with Crippen molar-refractivity contribution in [1.82, 2.24) is 0 Å². The van der Waals surface area contributed by atoms with Gasteiger partial charge in [-0.25, -0.2) is 4.40 Å². The first kappa shape index (κ1) is 10.2. The lowest BCUT2D eigenvalue weighted by Crippen LogP contribution is -1.83. The highest BCUT2D eigenvalue weighted by Gasteiger charge is 1.82. The highest BCUT2D eigenvalue weighted by molar-refractivity contribution is 7.96. The summed E-state index contributed by atoms with van der Waals surface area (Å²) in [5, 5.41) is 0. The van der Waals surface area contributed by atoms with Crippen LogP contribution in [-0.2, 0) is 0 Å². The molecule has 0 heterocycles. The topological polar surface area (TPSA) is 24.7 Å². The van der Waals surface area contributed by atoms with Gasteiger partial charge in [0.05, 0.1) is 0 Å². The predicted molar refractivity (Wildman–Crippen MR) is 53.1 cm³/mol. The van der Waals surface area contributed by atoms with E-state index in [0.29, 0.717) is 5.92 Å². The van der Waals surface area contributed by atoms with E-state index >= 15 is 0 Å². The molecule has 0 saturated carbocycles. The first-order valence-electron chi connectivity index (χ1n) is 3.37. The molecule has 0 saturated heterocycles. The Bertz CT molecular complexity index is 188. The molecule has 0 radical (unpaired) electrons. The summed E-state index contributed by atoms with van der Waals surface area (Å²) in [6.07, 6.45) is 5.10. The van der Waals surface area contributed by atoms with Gasteiger partial charge >= 0.3 is 0 Å². The molecule has 11 heavy (non-hydrogen) atoms. The molecule has 2 nitrogen and oxygen atoms in total. The van der Waals surface area contributed by atoms with E-state index in [9.17, 15) is 0 Å². The molecular weight excluding hydrogens is 156 g/mol. The minimum atomic E-state index is 0.473. The van der Waals surface area contributed by atoms with Crippen LogP contribution in [0.25, 0.3) is 0 Å². The third-order valence-electron chi connectivity index (χ3n) is 0.692.